The lowest BCUT2D eigenvalue weighted by atomic mass is 9.44. The topological polar surface area (TPSA) is 75.4 Å². The summed E-state index contributed by atoms with van der Waals surface area (Å²) in [4.78, 5) is 11.6. The predicted molar refractivity (Wildman–Crippen MR) is 112 cm³/mol. The van der Waals surface area contributed by atoms with Gasteiger partial charge < -0.3 is 5.11 Å². The quantitative estimate of drug-likeness (QED) is 0.378. The number of carbonyl (C=O) groups is 1. The van der Waals surface area contributed by atoms with Crippen LogP contribution >= 0.6 is 0 Å². The van der Waals surface area contributed by atoms with E-state index >= 15 is 0 Å². The maximum absolute atomic E-state index is 11.6. The van der Waals surface area contributed by atoms with E-state index in [0.29, 0.717) is 23.2 Å². The van der Waals surface area contributed by atoms with Gasteiger partial charge in [0, 0.05) is 6.42 Å². The third-order valence-corrected chi connectivity index (χ3v) is 10.4. The molecular formula is C24H42N2O2. The highest BCUT2D eigenvalue weighted by molar-refractivity contribution is 5.75. The third-order valence-electron chi connectivity index (χ3n) is 10.4. The lowest BCUT2D eigenvalue weighted by molar-refractivity contribution is -0.129. The van der Waals surface area contributed by atoms with Crippen molar-refractivity contribution in [2.24, 2.45) is 52.2 Å². The number of nitrogens with one attached hydrogen (secondary N) is 1. The lowest BCUT2D eigenvalue weighted by Crippen LogP contribution is -2.54. The fourth-order valence-corrected chi connectivity index (χ4v) is 8.84. The van der Waals surface area contributed by atoms with E-state index in [1.165, 1.54) is 44.9 Å². The van der Waals surface area contributed by atoms with Crippen LogP contribution in [0.3, 0.4) is 0 Å². The molecule has 28 heavy (non-hydrogen) atoms. The minimum Gasteiger partial charge on any atom is -0.393 e. The van der Waals surface area contributed by atoms with Gasteiger partial charge in [0.25, 0.3) is 0 Å². The maximum Gasteiger partial charge on any atom is 0.233 e. The normalized spacial score (nSPS) is 48.9. The van der Waals surface area contributed by atoms with E-state index in [-0.39, 0.29) is 12.0 Å². The number of hydrogen-bond acceptors (Lipinski definition) is 3. The Morgan fingerprint density at radius 2 is 1.79 bits per heavy atom. The molecule has 4 rings (SSSR count). The zero-order chi connectivity index (χ0) is 20.1. The average molecular weight is 391 g/mol. The second-order valence-corrected chi connectivity index (χ2v) is 11.4. The molecule has 0 saturated heterocycles. The molecule has 0 heterocycles. The number of rotatable bonds is 4. The van der Waals surface area contributed by atoms with Gasteiger partial charge in [0.05, 0.1) is 6.10 Å². The van der Waals surface area contributed by atoms with Crippen molar-refractivity contribution in [3.8, 4) is 0 Å². The molecule has 0 aromatic carbocycles. The van der Waals surface area contributed by atoms with Gasteiger partial charge in [-0.3, -0.25) is 10.2 Å². The fourth-order valence-electron chi connectivity index (χ4n) is 8.84. The van der Waals surface area contributed by atoms with Crippen LogP contribution in [-0.4, -0.2) is 17.1 Å². The van der Waals surface area contributed by atoms with E-state index in [9.17, 15) is 9.90 Å². The van der Waals surface area contributed by atoms with E-state index < -0.39 is 0 Å². The second kappa shape index (κ2) is 7.58. The molecule has 4 aliphatic rings. The molecule has 0 bridgehead atoms. The predicted octanol–water partition coefficient (Wildman–Crippen LogP) is 4.41. The van der Waals surface area contributed by atoms with Crippen LogP contribution in [0.5, 0.6) is 0 Å². The van der Waals surface area contributed by atoms with Crippen LogP contribution in [0, 0.1) is 46.3 Å². The van der Waals surface area contributed by atoms with Crippen molar-refractivity contribution < 1.29 is 9.90 Å². The summed E-state index contributed by atoms with van der Waals surface area (Å²) in [6, 6.07) is 0. The number of nitrogens with two attached hydrogens (primary N) is 1. The Bertz CT molecular complexity index is 595. The number of hydrogen-bond donors (Lipinski definition) is 3. The third kappa shape index (κ3) is 3.23. The number of amides is 1. The molecule has 0 aromatic rings. The fraction of sp³-hybridized carbons (Fsp3) is 0.958. The first-order valence-corrected chi connectivity index (χ1v) is 12.0. The van der Waals surface area contributed by atoms with Crippen molar-refractivity contribution in [1.29, 1.82) is 0 Å². The SMILES string of the molecule is C[C@H](CCC(=O)NN)[C@H]1CC[C@H]2[C@@H]3CC[C@H]4C[C@@H](O)CC[C@]4(C)[C@H]3CC[C@]12C. The molecule has 4 nitrogen and oxygen atoms in total. The highest BCUT2D eigenvalue weighted by atomic mass is 16.3. The highest BCUT2D eigenvalue weighted by Crippen LogP contribution is 2.68. The van der Waals surface area contributed by atoms with Crippen molar-refractivity contribution in [2.45, 2.75) is 97.5 Å². The van der Waals surface area contributed by atoms with Crippen LogP contribution < -0.4 is 11.3 Å². The van der Waals surface area contributed by atoms with Crippen molar-refractivity contribution in [3.63, 3.8) is 0 Å². The lowest BCUT2D eigenvalue weighted by Gasteiger charge is -2.61. The van der Waals surface area contributed by atoms with Crippen LogP contribution in [0.2, 0.25) is 0 Å². The Hall–Kier alpha value is -0.610. The number of aliphatic hydroxyl groups excluding tert-OH is 1. The van der Waals surface area contributed by atoms with E-state index in [1.807, 2.05) is 0 Å². The zero-order valence-corrected chi connectivity index (χ0v) is 18.3. The molecule has 9 atom stereocenters. The molecule has 4 fully saturated rings. The Balaban J connectivity index is 1.48. The number of hydrazine groups is 1. The molecule has 0 spiro atoms. The Kier molecular flexibility index (Phi) is 5.59. The Labute approximate surface area is 171 Å². The molecule has 4 N–H and O–H groups in total. The molecule has 0 radical (unpaired) electrons. The van der Waals surface area contributed by atoms with E-state index in [2.05, 4.69) is 26.2 Å². The molecule has 0 aromatic heterocycles. The monoisotopic (exact) mass is 390 g/mol. The largest absolute Gasteiger partial charge is 0.393 e. The summed E-state index contributed by atoms with van der Waals surface area (Å²) >= 11 is 0. The first kappa shape index (κ1) is 20.7. The van der Waals surface area contributed by atoms with Gasteiger partial charge in [-0.15, -0.1) is 0 Å². The number of carbonyl (C=O) groups excluding carboxylic acids is 1. The minimum atomic E-state index is -0.0501. The molecular weight excluding hydrogens is 348 g/mol. The highest BCUT2D eigenvalue weighted by Gasteiger charge is 2.60. The molecule has 4 aliphatic carbocycles. The molecule has 1 amide bonds. The van der Waals surface area contributed by atoms with Gasteiger partial charge in [-0.1, -0.05) is 20.8 Å². The van der Waals surface area contributed by atoms with Gasteiger partial charge in [-0.2, -0.15) is 0 Å². The summed E-state index contributed by atoms with van der Waals surface area (Å²) < 4.78 is 0. The van der Waals surface area contributed by atoms with Gasteiger partial charge in [0.2, 0.25) is 5.91 Å². The number of fused-ring (bicyclic) bond motifs is 5. The van der Waals surface area contributed by atoms with Gasteiger partial charge in [-0.05, 0) is 111 Å². The first-order valence-electron chi connectivity index (χ1n) is 12.0. The van der Waals surface area contributed by atoms with Crippen molar-refractivity contribution in [3.05, 3.63) is 0 Å². The summed E-state index contributed by atoms with van der Waals surface area (Å²) in [7, 11) is 0. The molecule has 4 saturated carbocycles. The number of aliphatic hydroxyl groups is 1. The van der Waals surface area contributed by atoms with Crippen molar-refractivity contribution in [2.75, 3.05) is 0 Å². The molecule has 160 valence electrons. The van der Waals surface area contributed by atoms with Crippen LogP contribution in [-0.2, 0) is 4.79 Å². The summed E-state index contributed by atoms with van der Waals surface area (Å²) in [5.74, 6) is 9.97. The summed E-state index contributed by atoms with van der Waals surface area (Å²) in [6.07, 6.45) is 13.0. The van der Waals surface area contributed by atoms with E-state index in [4.69, 9.17) is 5.84 Å². The summed E-state index contributed by atoms with van der Waals surface area (Å²) in [5, 5.41) is 10.2. The second-order valence-electron chi connectivity index (χ2n) is 11.4. The van der Waals surface area contributed by atoms with E-state index in [0.717, 1.165) is 48.9 Å². The standard InChI is InChI=1S/C24H42N2O2/c1-15(4-9-22(28)26-25)19-7-8-20-18-6-5-16-14-17(27)10-12-23(16,2)21(18)11-13-24(19,20)3/h15-21,27H,4-14,25H2,1-3H3,(H,26,28)/t15-,16+,17+,18+,19-,20+,21+,23+,24-/m1/s1. The first-order chi connectivity index (χ1) is 13.3. The van der Waals surface area contributed by atoms with Crippen molar-refractivity contribution >= 4 is 5.91 Å². The van der Waals surface area contributed by atoms with Crippen LogP contribution in [0.25, 0.3) is 0 Å². The smallest absolute Gasteiger partial charge is 0.233 e. The zero-order valence-electron chi connectivity index (χ0n) is 18.3. The van der Waals surface area contributed by atoms with Crippen LogP contribution in [0.15, 0.2) is 0 Å². The van der Waals surface area contributed by atoms with Crippen LogP contribution in [0.1, 0.15) is 91.4 Å². The van der Waals surface area contributed by atoms with Gasteiger partial charge in [0.15, 0.2) is 0 Å². The summed E-state index contributed by atoms with van der Waals surface area (Å²) in [6.45, 7) is 7.53. The van der Waals surface area contributed by atoms with Gasteiger partial charge in [-0.25, -0.2) is 5.84 Å². The minimum absolute atomic E-state index is 0.0269. The molecule has 0 unspecified atom stereocenters. The van der Waals surface area contributed by atoms with Gasteiger partial charge >= 0.3 is 0 Å². The van der Waals surface area contributed by atoms with Crippen LogP contribution in [0.4, 0.5) is 0 Å². The molecule has 0 aliphatic heterocycles. The maximum atomic E-state index is 11.6. The average Bonchev–Trinajstić information content (AvgIpc) is 3.03. The van der Waals surface area contributed by atoms with Crippen molar-refractivity contribution in [1.82, 2.24) is 5.43 Å². The Morgan fingerprint density at radius 1 is 1.07 bits per heavy atom. The molecule has 4 heteroatoms. The van der Waals surface area contributed by atoms with Gasteiger partial charge in [0.1, 0.15) is 0 Å². The van der Waals surface area contributed by atoms with E-state index in [1.54, 1.807) is 0 Å². The summed E-state index contributed by atoms with van der Waals surface area (Å²) in [5.41, 5.74) is 3.21. The Morgan fingerprint density at radius 3 is 2.54 bits per heavy atom.